The lowest BCUT2D eigenvalue weighted by Crippen LogP contribution is -2.65. The molecule has 0 aliphatic carbocycles. The second-order valence-electron chi connectivity index (χ2n) is 10.9. The molecule has 0 unspecified atom stereocenters. The normalized spacial score (nSPS) is 32.4. The fourth-order valence-corrected chi connectivity index (χ4v) is 5.30. The van der Waals surface area contributed by atoms with Crippen LogP contribution in [-0.2, 0) is 48.2 Å². The van der Waals surface area contributed by atoms with Crippen molar-refractivity contribution in [3.05, 3.63) is 108 Å². The Labute approximate surface area is 256 Å². The summed E-state index contributed by atoms with van der Waals surface area (Å²) in [5.41, 5.74) is 2.65. The lowest BCUT2D eigenvalue weighted by Gasteiger charge is -2.47. The number of benzene rings is 3. The summed E-state index contributed by atoms with van der Waals surface area (Å²) in [7, 11) is 0. The molecule has 10 atom stereocenters. The zero-order valence-corrected chi connectivity index (χ0v) is 24.2. The maximum atomic E-state index is 11.2. The van der Waals surface area contributed by atoms with Crippen molar-refractivity contribution in [1.82, 2.24) is 0 Å². The third-order valence-electron chi connectivity index (χ3n) is 7.71. The number of hydrogen-bond donors (Lipinski definition) is 5. The molecule has 11 nitrogen and oxygen atoms in total. The van der Waals surface area contributed by atoms with Crippen molar-refractivity contribution >= 4 is 0 Å². The van der Waals surface area contributed by atoms with E-state index in [0.29, 0.717) is 0 Å². The van der Waals surface area contributed by atoms with E-state index >= 15 is 0 Å². The second kappa shape index (κ2) is 16.0. The fourth-order valence-electron chi connectivity index (χ4n) is 5.30. The summed E-state index contributed by atoms with van der Waals surface area (Å²) < 4.78 is 36.5. The average Bonchev–Trinajstić information content (AvgIpc) is 3.06. The zero-order chi connectivity index (χ0) is 30.9. The van der Waals surface area contributed by atoms with Crippen molar-refractivity contribution in [2.45, 2.75) is 81.2 Å². The minimum Gasteiger partial charge on any atom is -0.394 e. The van der Waals surface area contributed by atoms with Gasteiger partial charge in [0.25, 0.3) is 0 Å². The van der Waals surface area contributed by atoms with Crippen LogP contribution in [0.1, 0.15) is 16.7 Å². The predicted molar refractivity (Wildman–Crippen MR) is 156 cm³/mol. The van der Waals surface area contributed by atoms with Gasteiger partial charge in [0.05, 0.1) is 33.0 Å². The summed E-state index contributed by atoms with van der Waals surface area (Å²) in [6.07, 6.45) is -13.0. The standard InChI is InChI=1S/C33H40O11/c34-16-24-26(35)27(36)28(37)33(43-24)44-29-25(20-39-17-21-10-4-1-5-11-21)42-32(38)31(41-19-23-14-8-3-9-15-23)30(29)40-18-22-12-6-2-7-13-22/h1-15,24-38H,16-20H2/t24-,25-,26+,27+,28-,29-,30+,31-,32+,33+/m1/s1. The summed E-state index contributed by atoms with van der Waals surface area (Å²) in [6, 6.07) is 28.4. The Morgan fingerprint density at radius 2 is 1.07 bits per heavy atom. The van der Waals surface area contributed by atoms with Gasteiger partial charge in [-0.05, 0) is 16.7 Å². The van der Waals surface area contributed by atoms with Crippen molar-refractivity contribution in [3.63, 3.8) is 0 Å². The third-order valence-corrected chi connectivity index (χ3v) is 7.71. The van der Waals surface area contributed by atoms with Gasteiger partial charge in [-0.2, -0.15) is 0 Å². The summed E-state index contributed by atoms with van der Waals surface area (Å²) in [5.74, 6) is 0. The molecule has 3 aromatic carbocycles. The first-order valence-corrected chi connectivity index (χ1v) is 14.7. The predicted octanol–water partition coefficient (Wildman–Crippen LogP) is 1.28. The van der Waals surface area contributed by atoms with Crippen molar-refractivity contribution in [3.8, 4) is 0 Å². The molecule has 5 N–H and O–H groups in total. The first kappa shape index (κ1) is 32.6. The van der Waals surface area contributed by atoms with E-state index in [1.54, 1.807) is 0 Å². The summed E-state index contributed by atoms with van der Waals surface area (Å²) in [5, 5.41) is 52.5. The van der Waals surface area contributed by atoms with Crippen LogP contribution in [0.4, 0.5) is 0 Å². The molecule has 11 heteroatoms. The van der Waals surface area contributed by atoms with Crippen molar-refractivity contribution in [2.75, 3.05) is 13.2 Å². The van der Waals surface area contributed by atoms with E-state index in [2.05, 4.69) is 0 Å². The maximum absolute atomic E-state index is 11.2. The van der Waals surface area contributed by atoms with E-state index in [1.807, 2.05) is 91.0 Å². The van der Waals surface area contributed by atoms with Gasteiger partial charge in [0.2, 0.25) is 0 Å². The average molecular weight is 613 g/mol. The number of hydrogen-bond acceptors (Lipinski definition) is 11. The van der Waals surface area contributed by atoms with Crippen LogP contribution >= 0.6 is 0 Å². The number of aliphatic hydroxyl groups excluding tert-OH is 5. The highest BCUT2D eigenvalue weighted by molar-refractivity contribution is 5.15. The molecular formula is C33H40O11. The van der Waals surface area contributed by atoms with Gasteiger partial charge in [-0.25, -0.2) is 0 Å². The van der Waals surface area contributed by atoms with Gasteiger partial charge in [-0.1, -0.05) is 91.0 Å². The van der Waals surface area contributed by atoms with E-state index in [0.717, 1.165) is 16.7 Å². The lowest BCUT2D eigenvalue weighted by molar-refractivity contribution is -0.364. The van der Waals surface area contributed by atoms with E-state index in [-0.39, 0.29) is 26.4 Å². The first-order chi connectivity index (χ1) is 21.4. The Bertz CT molecular complexity index is 1230. The third kappa shape index (κ3) is 8.27. The highest BCUT2D eigenvalue weighted by atomic mass is 16.7. The molecule has 2 fully saturated rings. The molecule has 5 rings (SSSR count). The largest absolute Gasteiger partial charge is 0.394 e. The van der Waals surface area contributed by atoms with Gasteiger partial charge in [0, 0.05) is 0 Å². The van der Waals surface area contributed by atoms with Crippen molar-refractivity contribution in [2.24, 2.45) is 0 Å². The van der Waals surface area contributed by atoms with Crippen LogP contribution in [0.3, 0.4) is 0 Å². The molecule has 44 heavy (non-hydrogen) atoms. The van der Waals surface area contributed by atoms with E-state index in [1.165, 1.54) is 0 Å². The van der Waals surface area contributed by atoms with Gasteiger partial charge in [-0.15, -0.1) is 0 Å². The van der Waals surface area contributed by atoms with E-state index in [9.17, 15) is 25.5 Å². The van der Waals surface area contributed by atoms with Crippen LogP contribution in [0.15, 0.2) is 91.0 Å². The van der Waals surface area contributed by atoms with Crippen molar-refractivity contribution < 1.29 is 54.0 Å². The van der Waals surface area contributed by atoms with E-state index in [4.69, 9.17) is 28.4 Å². The minimum atomic E-state index is -1.66. The Morgan fingerprint density at radius 1 is 0.545 bits per heavy atom. The monoisotopic (exact) mass is 612 g/mol. The molecule has 0 saturated carbocycles. The minimum absolute atomic E-state index is 0.0371. The molecule has 3 aromatic rings. The molecule has 238 valence electrons. The first-order valence-electron chi connectivity index (χ1n) is 14.7. The summed E-state index contributed by atoms with van der Waals surface area (Å²) in [6.45, 7) is -0.128. The number of rotatable bonds is 13. The van der Waals surface area contributed by atoms with Crippen LogP contribution < -0.4 is 0 Å². The Hall–Kier alpha value is -2.78. The molecule has 2 saturated heterocycles. The Morgan fingerprint density at radius 3 is 1.61 bits per heavy atom. The molecule has 2 heterocycles. The lowest BCUT2D eigenvalue weighted by atomic mass is 9.96. The maximum Gasteiger partial charge on any atom is 0.187 e. The molecule has 2 aliphatic rings. The summed E-state index contributed by atoms with van der Waals surface area (Å²) >= 11 is 0. The smallest absolute Gasteiger partial charge is 0.187 e. The molecule has 0 spiro atoms. The number of aliphatic hydroxyl groups is 5. The van der Waals surface area contributed by atoms with Gasteiger partial charge < -0.3 is 54.0 Å². The molecule has 2 aliphatic heterocycles. The highest BCUT2D eigenvalue weighted by Crippen LogP contribution is 2.32. The number of ether oxygens (including phenoxy) is 6. The molecular weight excluding hydrogens is 572 g/mol. The van der Waals surface area contributed by atoms with Crippen LogP contribution in [0.2, 0.25) is 0 Å². The Balaban J connectivity index is 1.41. The van der Waals surface area contributed by atoms with Gasteiger partial charge in [0.15, 0.2) is 12.6 Å². The SMILES string of the molecule is OC[C@H]1O[C@@H](O[C@H]2[C@H](OCc3ccccc3)[C@@H](OCc3ccccc3)[C@@H](O)O[C@@H]2COCc2ccccc2)[C@H](O)[C@@H](O)[C@H]1O. The van der Waals surface area contributed by atoms with E-state index < -0.39 is 68.0 Å². The molecule has 0 amide bonds. The van der Waals surface area contributed by atoms with Crippen LogP contribution in [0.25, 0.3) is 0 Å². The van der Waals surface area contributed by atoms with Gasteiger partial charge >= 0.3 is 0 Å². The van der Waals surface area contributed by atoms with Crippen LogP contribution in [-0.4, -0.2) is 100 Å². The zero-order valence-electron chi connectivity index (χ0n) is 24.2. The fraction of sp³-hybridized carbons (Fsp3) is 0.455. The topological polar surface area (TPSA) is 157 Å². The molecule has 0 aromatic heterocycles. The van der Waals surface area contributed by atoms with Crippen molar-refractivity contribution in [1.29, 1.82) is 0 Å². The van der Waals surface area contributed by atoms with Crippen LogP contribution in [0, 0.1) is 0 Å². The van der Waals surface area contributed by atoms with Gasteiger partial charge in [-0.3, -0.25) is 0 Å². The quantitative estimate of drug-likeness (QED) is 0.190. The molecule has 0 bridgehead atoms. The van der Waals surface area contributed by atoms with Gasteiger partial charge in [0.1, 0.15) is 48.8 Å². The summed E-state index contributed by atoms with van der Waals surface area (Å²) in [4.78, 5) is 0. The second-order valence-corrected chi connectivity index (χ2v) is 10.9. The highest BCUT2D eigenvalue weighted by Gasteiger charge is 2.52. The van der Waals surface area contributed by atoms with Crippen LogP contribution in [0.5, 0.6) is 0 Å². The molecule has 0 radical (unpaired) electrons. The Kier molecular flexibility index (Phi) is 11.8.